The largest absolute Gasteiger partial charge is 0.481 e. The first-order valence-corrected chi connectivity index (χ1v) is 10.4. The molecule has 2 aliphatic heterocycles. The van der Waals surface area contributed by atoms with Crippen LogP contribution in [0.4, 0.5) is 5.69 Å². The molecule has 2 amide bonds. The van der Waals surface area contributed by atoms with Crippen molar-refractivity contribution in [3.8, 4) is 0 Å². The minimum absolute atomic E-state index is 0.198. The van der Waals surface area contributed by atoms with Crippen molar-refractivity contribution in [1.82, 2.24) is 14.5 Å². The summed E-state index contributed by atoms with van der Waals surface area (Å²) in [5.74, 6) is -1.11. The molecule has 0 spiro atoms. The quantitative estimate of drug-likeness (QED) is 0.715. The summed E-state index contributed by atoms with van der Waals surface area (Å²) in [5, 5.41) is 11.2. The molecule has 2 N–H and O–H groups in total. The highest BCUT2D eigenvalue weighted by atomic mass is 16.4. The van der Waals surface area contributed by atoms with Gasteiger partial charge in [0.15, 0.2) is 0 Å². The number of anilines is 1. The number of imide groups is 1. The first-order valence-electron chi connectivity index (χ1n) is 10.4. The summed E-state index contributed by atoms with van der Waals surface area (Å²) in [5.41, 5.74) is 2.12. The number of carbonyl (C=O) groups excluding carboxylic acids is 2. The molecule has 0 bridgehead atoms. The minimum Gasteiger partial charge on any atom is -0.481 e. The van der Waals surface area contributed by atoms with Crippen molar-refractivity contribution in [3.63, 3.8) is 0 Å². The highest BCUT2D eigenvalue weighted by Gasteiger charge is 2.32. The van der Waals surface area contributed by atoms with E-state index in [1.807, 2.05) is 18.2 Å². The van der Waals surface area contributed by atoms with Crippen molar-refractivity contribution in [2.75, 3.05) is 18.0 Å². The van der Waals surface area contributed by atoms with Crippen molar-refractivity contribution in [2.24, 2.45) is 13.0 Å². The molecule has 9 heteroatoms. The summed E-state index contributed by atoms with van der Waals surface area (Å²) in [7, 11) is 1.70. The van der Waals surface area contributed by atoms with Gasteiger partial charge in [0.2, 0.25) is 11.8 Å². The number of hydrogen-bond donors (Lipinski definition) is 2. The third-order valence-corrected chi connectivity index (χ3v) is 6.32. The lowest BCUT2D eigenvalue weighted by Gasteiger charge is -2.34. The molecule has 0 aliphatic carbocycles. The van der Waals surface area contributed by atoms with Gasteiger partial charge in [-0.05, 0) is 43.7 Å². The topological polar surface area (TPSA) is 114 Å². The van der Waals surface area contributed by atoms with Crippen molar-refractivity contribution >= 4 is 34.5 Å². The van der Waals surface area contributed by atoms with Gasteiger partial charge in [-0.25, -0.2) is 4.79 Å². The zero-order valence-electron chi connectivity index (χ0n) is 17.0. The molecule has 160 valence electrons. The van der Waals surface area contributed by atoms with Crippen molar-refractivity contribution < 1.29 is 19.5 Å². The maximum atomic E-state index is 13.0. The molecule has 2 fully saturated rings. The van der Waals surface area contributed by atoms with Gasteiger partial charge in [-0.1, -0.05) is 6.07 Å². The third kappa shape index (κ3) is 3.59. The second-order valence-electron chi connectivity index (χ2n) is 8.19. The molecule has 0 saturated carbocycles. The van der Waals surface area contributed by atoms with E-state index in [-0.39, 0.29) is 24.4 Å². The van der Waals surface area contributed by atoms with E-state index in [2.05, 4.69) is 10.2 Å². The monoisotopic (exact) mass is 414 g/mol. The van der Waals surface area contributed by atoms with Crippen LogP contribution in [0.2, 0.25) is 0 Å². The van der Waals surface area contributed by atoms with Crippen molar-refractivity contribution in [2.45, 2.75) is 44.6 Å². The predicted octanol–water partition coefficient (Wildman–Crippen LogP) is 1.40. The summed E-state index contributed by atoms with van der Waals surface area (Å²) >= 11 is 0. The Balaban J connectivity index is 1.64. The first kappa shape index (κ1) is 20.2. The summed E-state index contributed by atoms with van der Waals surface area (Å²) in [6.45, 7) is 1.59. The van der Waals surface area contributed by atoms with Gasteiger partial charge in [0.05, 0.1) is 16.7 Å². The number of aromatic nitrogens is 2. The Hall–Kier alpha value is -3.10. The van der Waals surface area contributed by atoms with Crippen LogP contribution in [0.5, 0.6) is 0 Å². The number of rotatable bonds is 5. The highest BCUT2D eigenvalue weighted by Crippen LogP contribution is 2.32. The van der Waals surface area contributed by atoms with Crippen molar-refractivity contribution in [1.29, 1.82) is 0 Å². The van der Waals surface area contributed by atoms with Gasteiger partial charge in [-0.2, -0.15) is 0 Å². The van der Waals surface area contributed by atoms with Crippen LogP contribution in [0.25, 0.3) is 11.0 Å². The Morgan fingerprint density at radius 3 is 2.57 bits per heavy atom. The van der Waals surface area contributed by atoms with Crippen LogP contribution in [0.15, 0.2) is 23.0 Å². The van der Waals surface area contributed by atoms with Crippen LogP contribution in [0.3, 0.4) is 0 Å². The van der Waals surface area contributed by atoms with Gasteiger partial charge in [-0.15, -0.1) is 0 Å². The number of imidazole rings is 1. The average Bonchev–Trinajstić information content (AvgIpc) is 2.98. The van der Waals surface area contributed by atoms with Gasteiger partial charge in [-0.3, -0.25) is 28.8 Å². The smallest absolute Gasteiger partial charge is 0.329 e. The number of aryl methyl sites for hydroxylation is 1. The normalized spacial score (nSPS) is 20.6. The van der Waals surface area contributed by atoms with Crippen LogP contribution in [0.1, 0.15) is 44.6 Å². The standard InChI is InChI=1S/C21H26N4O5/c1-23-19-14(24-11-9-13(10-12-24)5-8-18(27)28)3-2-4-15(19)25(21(23)30)16-6-7-17(26)22-20(16)29/h2-4,13,16H,5-12H2,1H3,(H,27,28)(H,22,26,29). The van der Waals surface area contributed by atoms with Gasteiger partial charge >= 0.3 is 11.7 Å². The molecule has 0 radical (unpaired) electrons. The van der Waals surface area contributed by atoms with Gasteiger partial charge in [0.1, 0.15) is 6.04 Å². The van der Waals surface area contributed by atoms with Crippen LogP contribution >= 0.6 is 0 Å². The average molecular weight is 414 g/mol. The van der Waals surface area contributed by atoms with Gasteiger partial charge in [0, 0.05) is 33.0 Å². The molecule has 1 atom stereocenters. The number of carboxylic acid groups (broad SMARTS) is 1. The number of nitrogens with one attached hydrogen (secondary N) is 1. The SMILES string of the molecule is Cn1c(=O)n(C2CCC(=O)NC2=O)c2cccc(N3CCC(CCC(=O)O)CC3)c21. The third-order valence-electron chi connectivity index (χ3n) is 6.32. The number of benzene rings is 1. The van der Waals surface area contributed by atoms with E-state index >= 15 is 0 Å². The molecule has 1 unspecified atom stereocenters. The number of aliphatic carboxylic acids is 1. The predicted molar refractivity (Wildman–Crippen MR) is 110 cm³/mol. The lowest BCUT2D eigenvalue weighted by Crippen LogP contribution is -2.44. The lowest BCUT2D eigenvalue weighted by molar-refractivity contribution is -0.138. The molecule has 2 aromatic rings. The van der Waals surface area contributed by atoms with E-state index in [4.69, 9.17) is 5.11 Å². The van der Waals surface area contributed by atoms with Crippen molar-refractivity contribution in [3.05, 3.63) is 28.7 Å². The van der Waals surface area contributed by atoms with E-state index in [0.29, 0.717) is 24.3 Å². The number of hydrogen-bond acceptors (Lipinski definition) is 5. The molecule has 1 aromatic carbocycles. The Morgan fingerprint density at radius 2 is 1.90 bits per heavy atom. The molecule has 9 nitrogen and oxygen atoms in total. The maximum Gasteiger partial charge on any atom is 0.329 e. The molecule has 30 heavy (non-hydrogen) atoms. The molecule has 1 aromatic heterocycles. The fourth-order valence-electron chi connectivity index (χ4n) is 4.69. The number of para-hydroxylation sites is 1. The number of carbonyl (C=O) groups is 3. The minimum atomic E-state index is -0.757. The van der Waals surface area contributed by atoms with E-state index in [1.54, 1.807) is 11.6 Å². The summed E-state index contributed by atoms with van der Waals surface area (Å²) in [6, 6.07) is 5.00. The molecule has 2 aliphatic rings. The van der Waals surface area contributed by atoms with E-state index < -0.39 is 17.9 Å². The second kappa shape index (κ2) is 7.97. The fraction of sp³-hybridized carbons (Fsp3) is 0.524. The Kier molecular flexibility index (Phi) is 5.36. The summed E-state index contributed by atoms with van der Waals surface area (Å²) < 4.78 is 3.07. The number of amides is 2. The molecule has 3 heterocycles. The molecule has 2 saturated heterocycles. The second-order valence-corrected chi connectivity index (χ2v) is 8.19. The Bertz CT molecular complexity index is 1060. The Labute approximate surface area is 173 Å². The lowest BCUT2D eigenvalue weighted by atomic mass is 9.92. The van der Waals surface area contributed by atoms with Crippen LogP contribution in [-0.2, 0) is 21.4 Å². The van der Waals surface area contributed by atoms with Crippen LogP contribution < -0.4 is 15.9 Å². The Morgan fingerprint density at radius 1 is 1.17 bits per heavy atom. The summed E-state index contributed by atoms with van der Waals surface area (Å²) in [4.78, 5) is 50.0. The molecular formula is C21H26N4O5. The van der Waals surface area contributed by atoms with E-state index in [1.165, 1.54) is 4.57 Å². The number of nitrogens with zero attached hydrogens (tertiary/aromatic N) is 3. The van der Waals surface area contributed by atoms with Gasteiger partial charge < -0.3 is 10.0 Å². The highest BCUT2D eigenvalue weighted by molar-refractivity contribution is 6.00. The molecular weight excluding hydrogens is 388 g/mol. The fourth-order valence-corrected chi connectivity index (χ4v) is 4.69. The zero-order valence-corrected chi connectivity index (χ0v) is 17.0. The maximum absolute atomic E-state index is 13.0. The van der Waals surface area contributed by atoms with Gasteiger partial charge in [0.25, 0.3) is 0 Å². The molecule has 4 rings (SSSR count). The summed E-state index contributed by atoms with van der Waals surface area (Å²) in [6.07, 6.45) is 3.23. The van der Waals surface area contributed by atoms with E-state index in [9.17, 15) is 19.2 Å². The zero-order chi connectivity index (χ0) is 21.4. The first-order chi connectivity index (χ1) is 14.4. The van der Waals surface area contributed by atoms with E-state index in [0.717, 1.165) is 37.1 Å². The van der Waals surface area contributed by atoms with Crippen LogP contribution in [-0.4, -0.2) is 45.1 Å². The van der Waals surface area contributed by atoms with Crippen LogP contribution in [0, 0.1) is 5.92 Å². The number of piperidine rings is 2. The number of fused-ring (bicyclic) bond motifs is 1. The number of carboxylic acids is 1.